The number of nitrogens with one attached hydrogen (secondary N) is 1. The summed E-state index contributed by atoms with van der Waals surface area (Å²) in [6.45, 7) is 6.45. The number of phenols is 1. The van der Waals surface area contributed by atoms with Crippen LogP contribution in [0.5, 0.6) is 5.75 Å². The molecule has 3 aliphatic rings. The average molecular weight is 409 g/mol. The summed E-state index contributed by atoms with van der Waals surface area (Å²) in [5.74, 6) is 1.04. The molecule has 1 atom stereocenters. The van der Waals surface area contributed by atoms with E-state index in [0.29, 0.717) is 29.9 Å². The lowest BCUT2D eigenvalue weighted by Gasteiger charge is -2.49. The molecule has 1 aromatic carbocycles. The van der Waals surface area contributed by atoms with Gasteiger partial charge in [-0.05, 0) is 31.0 Å². The summed E-state index contributed by atoms with van der Waals surface area (Å²) in [5, 5.41) is 22.4. The number of likely N-dealkylation sites (tertiary alicyclic amines) is 1. The van der Waals surface area contributed by atoms with Crippen molar-refractivity contribution in [2.24, 2.45) is 0 Å². The van der Waals surface area contributed by atoms with Gasteiger partial charge in [0.1, 0.15) is 12.0 Å². The topological polar surface area (TPSA) is 84.8 Å². The van der Waals surface area contributed by atoms with Gasteiger partial charge in [0.15, 0.2) is 5.82 Å². The maximum Gasteiger partial charge on any atom is 0.172 e. The van der Waals surface area contributed by atoms with E-state index >= 15 is 0 Å². The van der Waals surface area contributed by atoms with Crippen molar-refractivity contribution < 1.29 is 9.90 Å². The van der Waals surface area contributed by atoms with Gasteiger partial charge in [0.25, 0.3) is 0 Å². The number of hydrogen-bond acceptors (Lipinski definition) is 8. The van der Waals surface area contributed by atoms with Gasteiger partial charge in [-0.3, -0.25) is 9.80 Å². The normalized spacial score (nSPS) is 22.8. The standard InChI is InChI=1S/C22H28N6O2/c29-12-11-26-7-5-16(6-8-26)27-9-10-28-17(15-27)14-23-22-20(28)13-19(24-25-22)18-3-1-2-4-21(18)30/h1-4,12-13,16-17,30H,5-11,14-15H2,(H,23,25)/t17-/m0/s1. The van der Waals surface area contributed by atoms with E-state index in [4.69, 9.17) is 0 Å². The molecule has 0 unspecified atom stereocenters. The summed E-state index contributed by atoms with van der Waals surface area (Å²) in [4.78, 5) is 18.1. The number of nitrogens with zero attached hydrogens (tertiary/aromatic N) is 5. The molecule has 0 spiro atoms. The van der Waals surface area contributed by atoms with Crippen LogP contribution in [0.3, 0.4) is 0 Å². The van der Waals surface area contributed by atoms with Gasteiger partial charge in [-0.25, -0.2) is 0 Å². The third kappa shape index (κ3) is 3.61. The molecule has 5 rings (SSSR count). The van der Waals surface area contributed by atoms with Crippen molar-refractivity contribution in [3.63, 3.8) is 0 Å². The molecule has 8 nitrogen and oxygen atoms in total. The fraction of sp³-hybridized carbons (Fsp3) is 0.500. The molecule has 2 fully saturated rings. The molecule has 0 saturated carbocycles. The zero-order valence-corrected chi connectivity index (χ0v) is 17.1. The molecule has 0 radical (unpaired) electrons. The second-order valence-electron chi connectivity index (χ2n) is 8.40. The van der Waals surface area contributed by atoms with Crippen molar-refractivity contribution in [2.75, 3.05) is 56.0 Å². The number of piperidine rings is 1. The average Bonchev–Trinajstić information content (AvgIpc) is 2.79. The van der Waals surface area contributed by atoms with Crippen LogP contribution < -0.4 is 10.2 Å². The zero-order valence-electron chi connectivity index (χ0n) is 17.1. The van der Waals surface area contributed by atoms with Crippen molar-refractivity contribution in [2.45, 2.75) is 24.9 Å². The summed E-state index contributed by atoms with van der Waals surface area (Å²) in [6.07, 6.45) is 3.28. The van der Waals surface area contributed by atoms with E-state index in [9.17, 15) is 9.90 Å². The van der Waals surface area contributed by atoms with Gasteiger partial charge in [-0.1, -0.05) is 12.1 Å². The number of anilines is 2. The Hall–Kier alpha value is -2.71. The maximum atomic E-state index is 10.8. The molecular weight excluding hydrogens is 380 g/mol. The summed E-state index contributed by atoms with van der Waals surface area (Å²) < 4.78 is 0. The SMILES string of the molecule is O=CCN1CCC(N2CCN3c4cc(-c5ccccc5O)nnc4NC[C@H]3C2)CC1. The first-order valence-corrected chi connectivity index (χ1v) is 10.8. The number of fused-ring (bicyclic) bond motifs is 3. The number of aromatic nitrogens is 2. The van der Waals surface area contributed by atoms with E-state index in [2.05, 4.69) is 30.2 Å². The smallest absolute Gasteiger partial charge is 0.172 e. The van der Waals surface area contributed by atoms with Gasteiger partial charge < -0.3 is 20.1 Å². The Bertz CT molecular complexity index is 914. The Kier molecular flexibility index (Phi) is 5.26. The fourth-order valence-corrected chi connectivity index (χ4v) is 5.04. The molecule has 8 heteroatoms. The van der Waals surface area contributed by atoms with Crippen molar-refractivity contribution >= 4 is 17.8 Å². The van der Waals surface area contributed by atoms with Crippen LogP contribution >= 0.6 is 0 Å². The van der Waals surface area contributed by atoms with E-state index in [1.807, 2.05) is 24.3 Å². The molecule has 0 amide bonds. The lowest BCUT2D eigenvalue weighted by molar-refractivity contribution is -0.109. The minimum atomic E-state index is 0.220. The van der Waals surface area contributed by atoms with Crippen LogP contribution in [-0.2, 0) is 4.79 Å². The lowest BCUT2D eigenvalue weighted by atomic mass is 9.99. The first kappa shape index (κ1) is 19.3. The summed E-state index contributed by atoms with van der Waals surface area (Å²) in [7, 11) is 0. The predicted molar refractivity (Wildman–Crippen MR) is 116 cm³/mol. The highest BCUT2D eigenvalue weighted by atomic mass is 16.3. The van der Waals surface area contributed by atoms with Crippen LogP contribution in [0.25, 0.3) is 11.3 Å². The van der Waals surface area contributed by atoms with Gasteiger partial charge >= 0.3 is 0 Å². The van der Waals surface area contributed by atoms with Crippen molar-refractivity contribution in [3.05, 3.63) is 30.3 Å². The monoisotopic (exact) mass is 408 g/mol. The number of aldehydes is 1. The minimum absolute atomic E-state index is 0.220. The molecule has 158 valence electrons. The Morgan fingerprint density at radius 1 is 1.10 bits per heavy atom. The number of aromatic hydroxyl groups is 1. The van der Waals surface area contributed by atoms with E-state index < -0.39 is 0 Å². The Morgan fingerprint density at radius 2 is 1.93 bits per heavy atom. The van der Waals surface area contributed by atoms with Crippen LogP contribution in [-0.4, -0.2) is 89.3 Å². The first-order chi connectivity index (χ1) is 14.7. The van der Waals surface area contributed by atoms with Gasteiger partial charge in [0.05, 0.1) is 24.0 Å². The number of carbonyl (C=O) groups excluding carboxylic acids is 1. The molecule has 0 aliphatic carbocycles. The van der Waals surface area contributed by atoms with E-state index in [1.165, 1.54) is 0 Å². The number of benzene rings is 1. The number of rotatable bonds is 4. The second kappa shape index (κ2) is 8.20. The third-order valence-corrected chi connectivity index (χ3v) is 6.69. The highest BCUT2D eigenvalue weighted by Crippen LogP contribution is 2.36. The molecule has 2 saturated heterocycles. The number of hydrogen-bond donors (Lipinski definition) is 2. The van der Waals surface area contributed by atoms with Crippen LogP contribution in [0.1, 0.15) is 12.8 Å². The third-order valence-electron chi connectivity index (χ3n) is 6.69. The number of carbonyl (C=O) groups is 1. The zero-order chi connectivity index (χ0) is 20.5. The predicted octanol–water partition coefficient (Wildman–Crippen LogP) is 1.43. The largest absolute Gasteiger partial charge is 0.507 e. The molecule has 4 heterocycles. The molecule has 30 heavy (non-hydrogen) atoms. The molecule has 0 bridgehead atoms. The summed E-state index contributed by atoms with van der Waals surface area (Å²) >= 11 is 0. The minimum Gasteiger partial charge on any atom is -0.507 e. The van der Waals surface area contributed by atoms with E-state index in [0.717, 1.165) is 69.9 Å². The van der Waals surface area contributed by atoms with Crippen molar-refractivity contribution in [1.82, 2.24) is 20.0 Å². The van der Waals surface area contributed by atoms with Crippen LogP contribution in [0.15, 0.2) is 30.3 Å². The molecule has 3 aliphatic heterocycles. The maximum absolute atomic E-state index is 10.8. The highest BCUT2D eigenvalue weighted by molar-refractivity contribution is 5.76. The van der Waals surface area contributed by atoms with E-state index in [1.54, 1.807) is 6.07 Å². The molecular formula is C22H28N6O2. The van der Waals surface area contributed by atoms with Crippen LogP contribution in [0.4, 0.5) is 11.5 Å². The van der Waals surface area contributed by atoms with Gasteiger partial charge in [0, 0.05) is 50.9 Å². The highest BCUT2D eigenvalue weighted by Gasteiger charge is 2.36. The molecule has 1 aromatic heterocycles. The lowest BCUT2D eigenvalue weighted by Crippen LogP contribution is -2.61. The number of piperazine rings is 1. The molecule has 2 aromatic rings. The summed E-state index contributed by atoms with van der Waals surface area (Å²) in [6, 6.07) is 10.3. The van der Waals surface area contributed by atoms with Crippen LogP contribution in [0.2, 0.25) is 0 Å². The van der Waals surface area contributed by atoms with Crippen molar-refractivity contribution in [1.29, 1.82) is 0 Å². The Morgan fingerprint density at radius 3 is 2.73 bits per heavy atom. The number of para-hydroxylation sites is 1. The first-order valence-electron chi connectivity index (χ1n) is 10.8. The fourth-order valence-electron chi connectivity index (χ4n) is 5.04. The summed E-state index contributed by atoms with van der Waals surface area (Å²) in [5.41, 5.74) is 2.47. The second-order valence-corrected chi connectivity index (χ2v) is 8.40. The Labute approximate surface area is 176 Å². The van der Waals surface area contributed by atoms with Crippen LogP contribution in [0, 0.1) is 0 Å². The van der Waals surface area contributed by atoms with E-state index in [-0.39, 0.29) is 5.75 Å². The van der Waals surface area contributed by atoms with Crippen molar-refractivity contribution in [3.8, 4) is 17.0 Å². The van der Waals surface area contributed by atoms with Gasteiger partial charge in [0.2, 0.25) is 0 Å². The number of phenolic OH excluding ortho intramolecular Hbond substituents is 1. The molecule has 2 N–H and O–H groups in total. The van der Waals surface area contributed by atoms with Gasteiger partial charge in [-0.15, -0.1) is 10.2 Å². The Balaban J connectivity index is 1.30. The van der Waals surface area contributed by atoms with Gasteiger partial charge in [-0.2, -0.15) is 0 Å². The quantitative estimate of drug-likeness (QED) is 0.735.